The van der Waals surface area contributed by atoms with Gasteiger partial charge in [0, 0.05) is 17.5 Å². The highest BCUT2D eigenvalue weighted by molar-refractivity contribution is 5.74. The number of nitrogens with two attached hydrogens (primary N) is 5. The van der Waals surface area contributed by atoms with Gasteiger partial charge in [0.25, 0.3) is 0 Å². The Morgan fingerprint density at radius 1 is 0.500 bits per heavy atom. The monoisotopic (exact) mass is 655 g/mol. The topological polar surface area (TPSA) is 320 Å². The van der Waals surface area contributed by atoms with Crippen LogP contribution in [0.3, 0.4) is 0 Å². The van der Waals surface area contributed by atoms with Gasteiger partial charge in [-0.15, -0.1) is 0 Å². The Kier molecular flexibility index (Phi) is 17.9. The van der Waals surface area contributed by atoms with Crippen LogP contribution < -0.4 is 33.2 Å². The maximum absolute atomic E-state index is 11.5. The van der Waals surface area contributed by atoms with E-state index in [0.29, 0.717) is 45.1 Å². The van der Waals surface area contributed by atoms with Gasteiger partial charge < -0.3 is 54.2 Å². The fourth-order valence-corrected chi connectivity index (χ4v) is 5.30. The first-order valence-corrected chi connectivity index (χ1v) is 15.5. The summed E-state index contributed by atoms with van der Waals surface area (Å²) in [6, 6.07) is -5.46. The number of hydrogen-bond acceptors (Lipinski definition) is 10. The normalized spacial score (nSPS) is 15.3. The van der Waals surface area contributed by atoms with Crippen LogP contribution in [0.15, 0.2) is 12.4 Å². The predicted molar refractivity (Wildman–Crippen MR) is 166 cm³/mol. The molecule has 0 radical (unpaired) electrons. The Balaban J connectivity index is 3.59. The van der Waals surface area contributed by atoms with Crippen molar-refractivity contribution in [3.63, 3.8) is 0 Å². The van der Waals surface area contributed by atoms with E-state index in [2.05, 4.69) is 0 Å². The number of aryl methyl sites for hydroxylation is 3. The van der Waals surface area contributed by atoms with Gasteiger partial charge in [-0.1, -0.05) is 12.8 Å². The van der Waals surface area contributed by atoms with Gasteiger partial charge >= 0.3 is 29.8 Å². The zero-order valence-corrected chi connectivity index (χ0v) is 26.1. The molecule has 46 heavy (non-hydrogen) atoms. The van der Waals surface area contributed by atoms with Crippen molar-refractivity contribution >= 4 is 29.8 Å². The van der Waals surface area contributed by atoms with Gasteiger partial charge in [0.1, 0.15) is 36.8 Å². The maximum atomic E-state index is 11.5. The van der Waals surface area contributed by atoms with Gasteiger partial charge in [-0.25, -0.2) is 4.57 Å². The quantitative estimate of drug-likeness (QED) is 0.0468. The number of rotatable bonds is 25. The number of aromatic nitrogens is 1. The van der Waals surface area contributed by atoms with Crippen LogP contribution in [0.4, 0.5) is 0 Å². The Bertz CT molecular complexity index is 1140. The second-order valence-corrected chi connectivity index (χ2v) is 11.8. The van der Waals surface area contributed by atoms with E-state index in [1.165, 1.54) is 0 Å². The third-order valence-corrected chi connectivity index (χ3v) is 8.10. The highest BCUT2D eigenvalue weighted by Crippen LogP contribution is 2.34. The summed E-state index contributed by atoms with van der Waals surface area (Å²) >= 11 is 0. The summed E-state index contributed by atoms with van der Waals surface area (Å²) in [5.74, 6) is -6.01. The number of carbonyl (C=O) groups is 5. The Labute approximate surface area is 267 Å². The van der Waals surface area contributed by atoms with Crippen LogP contribution in [0.2, 0.25) is 0 Å². The van der Waals surface area contributed by atoms with E-state index in [1.54, 1.807) is 0 Å². The summed E-state index contributed by atoms with van der Waals surface area (Å²) in [7, 11) is 0. The van der Waals surface area contributed by atoms with Crippen molar-refractivity contribution in [2.45, 2.75) is 126 Å². The number of carboxylic acid groups (broad SMARTS) is 5. The lowest BCUT2D eigenvalue weighted by molar-refractivity contribution is -0.698. The molecule has 16 heteroatoms. The highest BCUT2D eigenvalue weighted by atomic mass is 16.4. The molecule has 1 aromatic heterocycles. The van der Waals surface area contributed by atoms with Crippen LogP contribution in [0.5, 0.6) is 0 Å². The second kappa shape index (κ2) is 20.4. The first kappa shape index (κ1) is 40.3. The standard InChI is InChI=1S/C30H50N6O10/c31-20(26(37)38)6-2-1-5-17(8-11-22(33)28(41)42)25-18(9-12-23(34)29(43)44)15-36(14-4-3-7-21(32)27(39)40)16-19(25)10-13-24(35)30(45)46/h15-17,20-24H,1-14,31-35H2,(H4-,37,38,39,40,41,42,43,44,45,46)/p+1. The van der Waals surface area contributed by atoms with Crippen molar-refractivity contribution in [1.82, 2.24) is 0 Å². The molecule has 1 rings (SSSR count). The minimum Gasteiger partial charge on any atom is -0.480 e. The van der Waals surface area contributed by atoms with Crippen molar-refractivity contribution in [1.29, 1.82) is 0 Å². The van der Waals surface area contributed by atoms with Crippen LogP contribution in [0.25, 0.3) is 0 Å². The molecule has 0 saturated carbocycles. The van der Waals surface area contributed by atoms with Crippen LogP contribution in [-0.2, 0) is 43.4 Å². The average Bonchev–Trinajstić information content (AvgIpc) is 2.99. The molecule has 15 N–H and O–H groups in total. The first-order valence-electron chi connectivity index (χ1n) is 15.5. The molecule has 1 aromatic rings. The van der Waals surface area contributed by atoms with Gasteiger partial charge in [0.05, 0.1) is 0 Å². The molecule has 0 fully saturated rings. The third-order valence-electron chi connectivity index (χ3n) is 8.10. The number of pyridine rings is 1. The van der Waals surface area contributed by atoms with Crippen molar-refractivity contribution in [3.05, 3.63) is 29.1 Å². The molecule has 16 nitrogen and oxygen atoms in total. The van der Waals surface area contributed by atoms with Gasteiger partial charge in [0.2, 0.25) is 0 Å². The minimum absolute atomic E-state index is 0.0860. The highest BCUT2D eigenvalue weighted by Gasteiger charge is 2.27. The number of aliphatic carboxylic acids is 5. The van der Waals surface area contributed by atoms with E-state index >= 15 is 0 Å². The third kappa shape index (κ3) is 14.6. The van der Waals surface area contributed by atoms with Gasteiger partial charge in [0.15, 0.2) is 12.4 Å². The summed E-state index contributed by atoms with van der Waals surface area (Å²) in [6.45, 7) is 0.463. The molecule has 0 spiro atoms. The molecule has 0 aromatic carbocycles. The van der Waals surface area contributed by atoms with E-state index < -0.39 is 60.1 Å². The summed E-state index contributed by atoms with van der Waals surface area (Å²) in [5, 5.41) is 46.5. The summed E-state index contributed by atoms with van der Waals surface area (Å²) in [4.78, 5) is 56.9. The van der Waals surface area contributed by atoms with Crippen molar-refractivity contribution in [2.24, 2.45) is 28.7 Å². The van der Waals surface area contributed by atoms with Crippen LogP contribution in [-0.4, -0.2) is 85.6 Å². The minimum atomic E-state index is -1.17. The first-order chi connectivity index (χ1) is 21.5. The lowest BCUT2D eigenvalue weighted by Gasteiger charge is -2.25. The molecule has 6 unspecified atom stereocenters. The maximum Gasteiger partial charge on any atom is 0.320 e. The number of unbranched alkanes of at least 4 members (excludes halogenated alkanes) is 2. The Hall–Kier alpha value is -3.70. The van der Waals surface area contributed by atoms with Crippen molar-refractivity contribution in [3.8, 4) is 0 Å². The van der Waals surface area contributed by atoms with Gasteiger partial charge in [-0.3, -0.25) is 24.0 Å². The van der Waals surface area contributed by atoms with Gasteiger partial charge in [-0.2, -0.15) is 0 Å². The Morgan fingerprint density at radius 2 is 0.848 bits per heavy atom. The molecule has 0 amide bonds. The zero-order chi connectivity index (χ0) is 35.0. The van der Waals surface area contributed by atoms with Gasteiger partial charge in [-0.05, 0) is 75.7 Å². The van der Waals surface area contributed by atoms with E-state index in [9.17, 15) is 39.3 Å². The van der Waals surface area contributed by atoms with Crippen LogP contribution in [0, 0.1) is 0 Å². The lowest BCUT2D eigenvalue weighted by Crippen LogP contribution is -2.37. The Morgan fingerprint density at radius 3 is 1.26 bits per heavy atom. The number of carboxylic acids is 5. The smallest absolute Gasteiger partial charge is 0.320 e. The average molecular weight is 656 g/mol. The molecule has 0 aliphatic heterocycles. The molecule has 0 saturated heterocycles. The fourth-order valence-electron chi connectivity index (χ4n) is 5.30. The molecule has 0 aliphatic carbocycles. The van der Waals surface area contributed by atoms with E-state index in [1.807, 2.05) is 17.0 Å². The second-order valence-electron chi connectivity index (χ2n) is 11.8. The molecular formula is C30H51N6O10+. The van der Waals surface area contributed by atoms with E-state index in [0.717, 1.165) is 16.7 Å². The number of hydrogen-bond donors (Lipinski definition) is 10. The van der Waals surface area contributed by atoms with Crippen LogP contribution in [0.1, 0.15) is 93.2 Å². The van der Waals surface area contributed by atoms with E-state index in [4.69, 9.17) is 38.9 Å². The molecule has 6 atom stereocenters. The predicted octanol–water partition coefficient (Wildman–Crippen LogP) is -0.507. The van der Waals surface area contributed by atoms with Crippen molar-refractivity contribution in [2.75, 3.05) is 0 Å². The summed E-state index contributed by atoms with van der Waals surface area (Å²) < 4.78 is 1.88. The number of nitrogens with zero attached hydrogens (tertiary/aromatic N) is 1. The lowest BCUT2D eigenvalue weighted by atomic mass is 9.81. The SMILES string of the molecule is NC(CCCCC(CCC(N)C(=O)O)c1c(CCC(N)C(=O)O)c[n+](CCCCC(N)C(=O)O)cc1CCC(N)C(=O)O)C(=O)O. The summed E-state index contributed by atoms with van der Waals surface area (Å²) in [6.07, 6.45) is 7.98. The zero-order valence-electron chi connectivity index (χ0n) is 26.1. The molecule has 1 heterocycles. The molecule has 0 aliphatic rings. The summed E-state index contributed by atoms with van der Waals surface area (Å²) in [5.41, 5.74) is 31.1. The molecular weight excluding hydrogens is 604 g/mol. The fraction of sp³-hybridized carbons (Fsp3) is 0.667. The van der Waals surface area contributed by atoms with Crippen molar-refractivity contribution < 1.29 is 54.1 Å². The largest absolute Gasteiger partial charge is 0.480 e. The van der Waals surface area contributed by atoms with E-state index in [-0.39, 0.29) is 50.9 Å². The molecule has 260 valence electrons. The van der Waals surface area contributed by atoms with Crippen LogP contribution >= 0.6 is 0 Å². The molecule has 0 bridgehead atoms.